The highest BCUT2D eigenvalue weighted by Crippen LogP contribution is 2.33. The molecule has 2 aliphatic heterocycles. The largest absolute Gasteiger partial charge is 0.489 e. The predicted octanol–water partition coefficient (Wildman–Crippen LogP) is 7.85. The Balaban J connectivity index is 0.000000161. The number of benzene rings is 2. The van der Waals surface area contributed by atoms with Crippen LogP contribution >= 0.6 is 61.8 Å². The molecule has 2 aliphatic rings. The Kier molecular flexibility index (Phi) is 13.8. The van der Waals surface area contributed by atoms with E-state index in [-0.39, 0.29) is 11.8 Å². The van der Waals surface area contributed by atoms with E-state index in [1.165, 1.54) is 12.8 Å². The SMILES string of the molecule is O=C(c1csc(-c2ccccc2Cl)c1)N1CCCCC1.O=C(c1csc(Br)c1)N1CCCCC1.OB(O)c1ccccc1Cl. The molecule has 2 aromatic carbocycles. The second-order valence-corrected chi connectivity index (χ2v) is 14.4. The normalized spacial score (nSPS) is 14.6. The van der Waals surface area contributed by atoms with E-state index in [4.69, 9.17) is 33.2 Å². The highest BCUT2D eigenvalue weighted by Gasteiger charge is 2.20. The molecule has 0 aliphatic carbocycles. The number of amides is 2. The van der Waals surface area contributed by atoms with Crippen molar-refractivity contribution in [2.45, 2.75) is 38.5 Å². The van der Waals surface area contributed by atoms with Gasteiger partial charge in [-0.15, -0.1) is 22.7 Å². The topological polar surface area (TPSA) is 81.1 Å². The van der Waals surface area contributed by atoms with Gasteiger partial charge in [0.2, 0.25) is 0 Å². The number of rotatable bonds is 4. The van der Waals surface area contributed by atoms with Gasteiger partial charge in [-0.05, 0) is 78.7 Å². The van der Waals surface area contributed by atoms with Gasteiger partial charge in [-0.25, -0.2) is 0 Å². The lowest BCUT2D eigenvalue weighted by molar-refractivity contribution is 0.0717. The molecule has 6 nitrogen and oxygen atoms in total. The molecule has 4 heterocycles. The Hall–Kier alpha value is -2.18. The molecule has 2 saturated heterocycles. The van der Waals surface area contributed by atoms with Crippen LogP contribution in [0.15, 0.2) is 75.2 Å². The van der Waals surface area contributed by atoms with E-state index in [0.717, 1.165) is 82.2 Å². The number of piperidine rings is 2. The van der Waals surface area contributed by atoms with E-state index < -0.39 is 7.12 Å². The van der Waals surface area contributed by atoms with E-state index >= 15 is 0 Å². The first kappa shape index (κ1) is 34.7. The second kappa shape index (κ2) is 17.5. The third kappa shape index (κ3) is 9.91. The molecule has 0 spiro atoms. The van der Waals surface area contributed by atoms with Gasteiger partial charge in [0.1, 0.15) is 0 Å². The van der Waals surface area contributed by atoms with Crippen LogP contribution in [-0.2, 0) is 0 Å². The third-order valence-electron chi connectivity index (χ3n) is 7.27. The molecule has 6 rings (SSSR count). The van der Waals surface area contributed by atoms with Crippen molar-refractivity contribution in [1.29, 1.82) is 0 Å². The first-order valence-electron chi connectivity index (χ1n) is 14.5. The standard InChI is InChI=1S/C16H16ClNOS.C10H12BrNOS.C6H6BClO2/c17-14-7-3-2-6-13(14)15-10-12(11-20-15)16(19)18-8-4-1-5-9-18;11-9-6-8(7-14-9)10(13)12-4-2-1-3-5-12;8-6-4-2-1-3-5(6)7(9)10/h2-3,6-7,10-11H,1,4-5,8-9H2;6-7H,1-5H2;1-4,9-10H. The quantitative estimate of drug-likeness (QED) is 0.209. The molecular formula is C32H34BBrCl2N2O4S2. The fraction of sp³-hybridized carbons (Fsp3) is 0.312. The molecule has 12 heteroatoms. The average molecular weight is 736 g/mol. The molecule has 2 amide bonds. The molecule has 44 heavy (non-hydrogen) atoms. The van der Waals surface area contributed by atoms with Gasteiger partial charge in [0.25, 0.3) is 11.8 Å². The zero-order valence-corrected chi connectivity index (χ0v) is 28.9. The van der Waals surface area contributed by atoms with Crippen LogP contribution in [0.1, 0.15) is 59.2 Å². The predicted molar refractivity (Wildman–Crippen MR) is 188 cm³/mol. The molecule has 2 N–H and O–H groups in total. The van der Waals surface area contributed by atoms with Crippen LogP contribution in [0.3, 0.4) is 0 Å². The van der Waals surface area contributed by atoms with E-state index in [1.807, 2.05) is 57.0 Å². The summed E-state index contributed by atoms with van der Waals surface area (Å²) in [5.74, 6) is 0.339. The maximum atomic E-state index is 12.4. The van der Waals surface area contributed by atoms with Crippen molar-refractivity contribution >= 4 is 86.2 Å². The summed E-state index contributed by atoms with van der Waals surface area (Å²) in [6, 6.07) is 18.2. The minimum atomic E-state index is -1.48. The molecule has 232 valence electrons. The Morgan fingerprint density at radius 2 is 1.20 bits per heavy atom. The van der Waals surface area contributed by atoms with Gasteiger partial charge < -0.3 is 19.8 Å². The summed E-state index contributed by atoms with van der Waals surface area (Å²) in [5, 5.41) is 22.3. The first-order chi connectivity index (χ1) is 21.2. The van der Waals surface area contributed by atoms with Crippen molar-refractivity contribution in [1.82, 2.24) is 9.80 Å². The van der Waals surface area contributed by atoms with Gasteiger partial charge in [0.15, 0.2) is 0 Å². The summed E-state index contributed by atoms with van der Waals surface area (Å²) in [6.45, 7) is 3.62. The van der Waals surface area contributed by atoms with Crippen molar-refractivity contribution < 1.29 is 19.6 Å². The second-order valence-electron chi connectivity index (χ2n) is 10.4. The summed E-state index contributed by atoms with van der Waals surface area (Å²) in [4.78, 5) is 29.3. The molecular weight excluding hydrogens is 702 g/mol. The summed E-state index contributed by atoms with van der Waals surface area (Å²) in [5.41, 5.74) is 2.94. The Morgan fingerprint density at radius 1 is 0.705 bits per heavy atom. The lowest BCUT2D eigenvalue weighted by Crippen LogP contribution is -2.35. The number of nitrogens with zero attached hydrogens (tertiary/aromatic N) is 2. The van der Waals surface area contributed by atoms with Crippen molar-refractivity contribution in [3.05, 3.63) is 96.4 Å². The molecule has 4 aromatic rings. The number of thiophene rings is 2. The lowest BCUT2D eigenvalue weighted by Gasteiger charge is -2.26. The Morgan fingerprint density at radius 3 is 1.68 bits per heavy atom. The van der Waals surface area contributed by atoms with E-state index in [1.54, 1.807) is 46.9 Å². The summed E-state index contributed by atoms with van der Waals surface area (Å²) < 4.78 is 1.03. The number of hydrogen-bond acceptors (Lipinski definition) is 6. The van der Waals surface area contributed by atoms with E-state index in [0.29, 0.717) is 10.5 Å². The van der Waals surface area contributed by atoms with Crippen LogP contribution in [0.5, 0.6) is 0 Å². The maximum Gasteiger partial charge on any atom is 0.489 e. The van der Waals surface area contributed by atoms with Gasteiger partial charge in [-0.1, -0.05) is 59.6 Å². The molecule has 2 aromatic heterocycles. The third-order valence-corrected chi connectivity index (χ3v) is 10.4. The van der Waals surface area contributed by atoms with Crippen LogP contribution in [0, 0.1) is 0 Å². The average Bonchev–Trinajstić information content (AvgIpc) is 3.72. The first-order valence-corrected chi connectivity index (χ1v) is 17.8. The van der Waals surface area contributed by atoms with Crippen molar-refractivity contribution in [3.8, 4) is 10.4 Å². The molecule has 2 fully saturated rings. The number of carbonyl (C=O) groups is 2. The zero-order valence-electron chi connectivity index (χ0n) is 24.1. The van der Waals surface area contributed by atoms with Gasteiger partial charge >= 0.3 is 7.12 Å². The smallest absolute Gasteiger partial charge is 0.423 e. The molecule has 0 atom stereocenters. The maximum absolute atomic E-state index is 12.4. The van der Waals surface area contributed by atoms with Gasteiger partial charge in [-0.3, -0.25) is 9.59 Å². The minimum Gasteiger partial charge on any atom is -0.423 e. The van der Waals surface area contributed by atoms with Crippen LogP contribution < -0.4 is 5.46 Å². The molecule has 0 unspecified atom stereocenters. The zero-order chi connectivity index (χ0) is 31.5. The van der Waals surface area contributed by atoms with Gasteiger partial charge in [0, 0.05) is 62.9 Å². The van der Waals surface area contributed by atoms with Crippen molar-refractivity contribution in [3.63, 3.8) is 0 Å². The molecule has 0 saturated carbocycles. The Bertz CT molecular complexity index is 1520. The fourth-order valence-electron chi connectivity index (χ4n) is 4.92. The van der Waals surface area contributed by atoms with Crippen molar-refractivity contribution in [2.24, 2.45) is 0 Å². The van der Waals surface area contributed by atoms with Crippen LogP contribution in [0.2, 0.25) is 10.0 Å². The number of likely N-dealkylation sites (tertiary alicyclic amines) is 2. The number of halogens is 3. The van der Waals surface area contributed by atoms with Gasteiger partial charge in [0.05, 0.1) is 14.9 Å². The number of carbonyl (C=O) groups excluding carboxylic acids is 2. The van der Waals surface area contributed by atoms with E-state index in [9.17, 15) is 9.59 Å². The highest BCUT2D eigenvalue weighted by molar-refractivity contribution is 9.11. The van der Waals surface area contributed by atoms with Crippen LogP contribution in [0.4, 0.5) is 0 Å². The summed E-state index contributed by atoms with van der Waals surface area (Å²) in [7, 11) is -1.48. The van der Waals surface area contributed by atoms with Crippen molar-refractivity contribution in [2.75, 3.05) is 26.2 Å². The lowest BCUT2D eigenvalue weighted by atomic mass is 9.80. The fourth-order valence-corrected chi connectivity index (χ4v) is 7.50. The van der Waals surface area contributed by atoms with E-state index in [2.05, 4.69) is 15.9 Å². The summed E-state index contributed by atoms with van der Waals surface area (Å²) >= 11 is 18.3. The summed E-state index contributed by atoms with van der Waals surface area (Å²) in [6.07, 6.45) is 7.03. The monoisotopic (exact) mass is 734 g/mol. The van der Waals surface area contributed by atoms with Gasteiger partial charge in [-0.2, -0.15) is 0 Å². The molecule has 0 radical (unpaired) electrons. The number of hydrogen-bond donors (Lipinski definition) is 2. The molecule has 0 bridgehead atoms. The Labute approximate surface area is 285 Å². The minimum absolute atomic E-state index is 0.152. The highest BCUT2D eigenvalue weighted by atomic mass is 79.9. The van der Waals surface area contributed by atoms with Crippen LogP contribution in [-0.4, -0.2) is 65.0 Å². The van der Waals surface area contributed by atoms with Crippen LogP contribution in [0.25, 0.3) is 10.4 Å².